The third-order valence-corrected chi connectivity index (χ3v) is 4.71. The van der Waals surface area contributed by atoms with E-state index in [1.54, 1.807) is 0 Å². The molecule has 1 aliphatic carbocycles. The molecule has 4 nitrogen and oxygen atoms in total. The standard InChI is InChI=1S/C18H30N4.HI/c1-14-9-10-16(13-15(14)2)21-18(19)20-11-12-22(3)17-7-5-4-6-8-17;/h9-10,13,17H,4-8,11-12H2,1-3H3,(H3,19,20,21);1H. The summed E-state index contributed by atoms with van der Waals surface area (Å²) in [4.78, 5) is 6.88. The second-order valence-corrected chi connectivity index (χ2v) is 6.46. The molecule has 0 atom stereocenters. The minimum absolute atomic E-state index is 0. The van der Waals surface area contributed by atoms with E-state index < -0.39 is 0 Å². The predicted octanol–water partition coefficient (Wildman–Crippen LogP) is 3.91. The molecule has 130 valence electrons. The summed E-state index contributed by atoms with van der Waals surface area (Å²) >= 11 is 0. The Labute approximate surface area is 157 Å². The zero-order valence-corrected chi connectivity index (χ0v) is 17.0. The summed E-state index contributed by atoms with van der Waals surface area (Å²) in [5.74, 6) is 0.500. The van der Waals surface area contributed by atoms with E-state index in [1.165, 1.54) is 43.2 Å². The fourth-order valence-electron chi connectivity index (χ4n) is 3.04. The van der Waals surface area contributed by atoms with Crippen molar-refractivity contribution in [2.24, 2.45) is 10.7 Å². The number of benzene rings is 1. The van der Waals surface area contributed by atoms with Gasteiger partial charge in [-0.25, -0.2) is 0 Å². The Hall–Kier alpha value is -0.820. The Kier molecular flexibility index (Phi) is 8.91. The molecule has 0 aliphatic heterocycles. The molecule has 0 unspecified atom stereocenters. The molecule has 23 heavy (non-hydrogen) atoms. The third-order valence-electron chi connectivity index (χ3n) is 4.71. The van der Waals surface area contributed by atoms with Crippen molar-refractivity contribution in [2.75, 3.05) is 25.5 Å². The molecule has 0 aromatic heterocycles. The molecule has 3 N–H and O–H groups in total. The number of guanidine groups is 1. The monoisotopic (exact) mass is 430 g/mol. The third kappa shape index (κ3) is 6.67. The van der Waals surface area contributed by atoms with Gasteiger partial charge in [0.1, 0.15) is 0 Å². The molecule has 2 rings (SSSR count). The highest BCUT2D eigenvalue weighted by Crippen LogP contribution is 2.21. The molecule has 1 saturated carbocycles. The average Bonchev–Trinajstić information content (AvgIpc) is 2.51. The highest BCUT2D eigenvalue weighted by Gasteiger charge is 2.17. The number of nitrogens with one attached hydrogen (secondary N) is 1. The van der Waals surface area contributed by atoms with Crippen LogP contribution in [-0.2, 0) is 0 Å². The number of hydrogen-bond acceptors (Lipinski definition) is 2. The Bertz CT molecular complexity index is 510. The highest BCUT2D eigenvalue weighted by atomic mass is 127. The summed E-state index contributed by atoms with van der Waals surface area (Å²) in [5, 5.41) is 3.17. The van der Waals surface area contributed by atoms with Gasteiger partial charge in [-0.15, -0.1) is 24.0 Å². The predicted molar refractivity (Wildman–Crippen MR) is 111 cm³/mol. The smallest absolute Gasteiger partial charge is 0.193 e. The van der Waals surface area contributed by atoms with E-state index in [9.17, 15) is 0 Å². The summed E-state index contributed by atoms with van der Waals surface area (Å²) < 4.78 is 0. The van der Waals surface area contributed by atoms with E-state index in [0.717, 1.165) is 24.8 Å². The van der Waals surface area contributed by atoms with Crippen LogP contribution < -0.4 is 11.1 Å². The van der Waals surface area contributed by atoms with Crippen LogP contribution in [0.2, 0.25) is 0 Å². The molecule has 0 saturated heterocycles. The Morgan fingerprint density at radius 1 is 1.22 bits per heavy atom. The number of rotatable bonds is 5. The van der Waals surface area contributed by atoms with Gasteiger partial charge in [-0.3, -0.25) is 4.99 Å². The highest BCUT2D eigenvalue weighted by molar-refractivity contribution is 14.0. The fourth-order valence-corrected chi connectivity index (χ4v) is 3.04. The maximum atomic E-state index is 5.98. The SMILES string of the molecule is Cc1ccc(NC(N)=NCCN(C)C2CCCCC2)cc1C.I. The van der Waals surface area contributed by atoms with Crippen molar-refractivity contribution in [1.82, 2.24) is 4.90 Å². The number of hydrogen-bond donors (Lipinski definition) is 2. The number of halogens is 1. The largest absolute Gasteiger partial charge is 0.370 e. The van der Waals surface area contributed by atoms with E-state index >= 15 is 0 Å². The van der Waals surface area contributed by atoms with Crippen LogP contribution in [0, 0.1) is 13.8 Å². The first-order valence-corrected chi connectivity index (χ1v) is 8.40. The number of aryl methyl sites for hydroxylation is 2. The first-order valence-electron chi connectivity index (χ1n) is 8.40. The second kappa shape index (κ2) is 10.1. The van der Waals surface area contributed by atoms with Gasteiger partial charge in [0.2, 0.25) is 0 Å². The van der Waals surface area contributed by atoms with Crippen LogP contribution in [0.1, 0.15) is 43.2 Å². The summed E-state index contributed by atoms with van der Waals surface area (Å²) in [6, 6.07) is 6.98. The van der Waals surface area contributed by atoms with Crippen molar-refractivity contribution in [3.05, 3.63) is 29.3 Å². The molecule has 1 fully saturated rings. The Balaban J connectivity index is 0.00000264. The first-order chi connectivity index (χ1) is 10.6. The van der Waals surface area contributed by atoms with E-state index in [4.69, 9.17) is 5.73 Å². The lowest BCUT2D eigenvalue weighted by Crippen LogP contribution is -2.35. The maximum Gasteiger partial charge on any atom is 0.193 e. The van der Waals surface area contributed by atoms with Crippen molar-refractivity contribution < 1.29 is 0 Å². The van der Waals surface area contributed by atoms with E-state index in [0.29, 0.717) is 5.96 Å². The first kappa shape index (κ1) is 20.2. The van der Waals surface area contributed by atoms with Gasteiger partial charge >= 0.3 is 0 Å². The summed E-state index contributed by atoms with van der Waals surface area (Å²) in [7, 11) is 2.21. The molecular formula is C18H31IN4. The van der Waals surface area contributed by atoms with Gasteiger partial charge in [-0.1, -0.05) is 25.3 Å². The number of aliphatic imine (C=N–C) groups is 1. The molecule has 1 aromatic carbocycles. The van der Waals surface area contributed by atoms with Crippen LogP contribution >= 0.6 is 24.0 Å². The van der Waals surface area contributed by atoms with Crippen molar-refractivity contribution in [3.8, 4) is 0 Å². The van der Waals surface area contributed by atoms with Gasteiger partial charge in [-0.2, -0.15) is 0 Å². The Morgan fingerprint density at radius 3 is 2.57 bits per heavy atom. The van der Waals surface area contributed by atoms with E-state index in [-0.39, 0.29) is 24.0 Å². The molecule has 1 aromatic rings. The van der Waals surface area contributed by atoms with Crippen molar-refractivity contribution >= 4 is 35.6 Å². The topological polar surface area (TPSA) is 53.6 Å². The lowest BCUT2D eigenvalue weighted by atomic mass is 9.94. The minimum Gasteiger partial charge on any atom is -0.370 e. The van der Waals surface area contributed by atoms with Crippen molar-refractivity contribution in [1.29, 1.82) is 0 Å². The second-order valence-electron chi connectivity index (χ2n) is 6.46. The van der Waals surface area contributed by atoms with Crippen LogP contribution in [0.3, 0.4) is 0 Å². The molecule has 0 amide bonds. The number of anilines is 1. The van der Waals surface area contributed by atoms with Gasteiger partial charge in [0.05, 0.1) is 6.54 Å². The zero-order valence-electron chi connectivity index (χ0n) is 14.6. The van der Waals surface area contributed by atoms with E-state index in [1.807, 2.05) is 6.07 Å². The van der Waals surface area contributed by atoms with Crippen LogP contribution in [0.15, 0.2) is 23.2 Å². The number of nitrogens with two attached hydrogens (primary N) is 1. The lowest BCUT2D eigenvalue weighted by Gasteiger charge is -2.30. The van der Waals surface area contributed by atoms with E-state index in [2.05, 4.69) is 48.2 Å². The fraction of sp³-hybridized carbons (Fsp3) is 0.611. The van der Waals surface area contributed by atoms with Crippen molar-refractivity contribution in [2.45, 2.75) is 52.0 Å². The quantitative estimate of drug-likeness (QED) is 0.423. The van der Waals surface area contributed by atoms with Gasteiger partial charge < -0.3 is 16.0 Å². The zero-order chi connectivity index (χ0) is 15.9. The average molecular weight is 430 g/mol. The van der Waals surface area contributed by atoms with Gasteiger partial charge in [0, 0.05) is 18.3 Å². The summed E-state index contributed by atoms with van der Waals surface area (Å²) in [6.07, 6.45) is 6.80. The molecule has 0 radical (unpaired) electrons. The number of likely N-dealkylation sites (N-methyl/N-ethyl adjacent to an activating group) is 1. The summed E-state index contributed by atoms with van der Waals surface area (Å²) in [6.45, 7) is 5.93. The van der Waals surface area contributed by atoms with Gasteiger partial charge in [0.25, 0.3) is 0 Å². The summed E-state index contributed by atoms with van der Waals surface area (Å²) in [5.41, 5.74) is 9.53. The van der Waals surface area contributed by atoms with Crippen LogP contribution in [0.25, 0.3) is 0 Å². The Morgan fingerprint density at radius 2 is 1.91 bits per heavy atom. The molecule has 0 heterocycles. The molecule has 5 heteroatoms. The molecular weight excluding hydrogens is 399 g/mol. The van der Waals surface area contributed by atoms with Crippen LogP contribution in [0.5, 0.6) is 0 Å². The molecule has 1 aliphatic rings. The minimum atomic E-state index is 0. The van der Waals surface area contributed by atoms with Crippen LogP contribution in [-0.4, -0.2) is 37.0 Å². The number of nitrogens with zero attached hydrogens (tertiary/aromatic N) is 2. The normalized spacial score (nSPS) is 16.3. The van der Waals surface area contributed by atoms with Crippen LogP contribution in [0.4, 0.5) is 5.69 Å². The lowest BCUT2D eigenvalue weighted by molar-refractivity contribution is 0.196. The molecule has 0 spiro atoms. The van der Waals surface area contributed by atoms with Crippen molar-refractivity contribution in [3.63, 3.8) is 0 Å². The van der Waals surface area contributed by atoms with Gasteiger partial charge in [-0.05, 0) is 57.0 Å². The maximum absolute atomic E-state index is 5.98. The molecule has 0 bridgehead atoms. The van der Waals surface area contributed by atoms with Gasteiger partial charge in [0.15, 0.2) is 5.96 Å².